The summed E-state index contributed by atoms with van der Waals surface area (Å²) in [6.07, 6.45) is 1.95. The van der Waals surface area contributed by atoms with E-state index in [9.17, 15) is 5.26 Å². The minimum absolute atomic E-state index is 0.493. The van der Waals surface area contributed by atoms with Gasteiger partial charge < -0.3 is 4.57 Å². The van der Waals surface area contributed by atoms with Gasteiger partial charge in [-0.2, -0.15) is 5.26 Å². The van der Waals surface area contributed by atoms with Crippen molar-refractivity contribution in [3.8, 4) is 165 Å². The van der Waals surface area contributed by atoms with Crippen molar-refractivity contribution in [1.29, 1.82) is 5.26 Å². The molecule has 112 heavy (non-hydrogen) atoms. The highest BCUT2D eigenvalue weighted by atomic mass is 15.1. The van der Waals surface area contributed by atoms with Crippen molar-refractivity contribution in [2.45, 2.75) is 0 Å². The molecule has 0 aliphatic heterocycles. The SMILES string of the molecule is N#Cc1cccc(-c2cc(-n3c4ccc(-c5nc(-c6ccccc6)nc(-c6ccccc6)n5)cc4c4cc(-c5nc(-c6ccccc6)nc(-c6ccccc6)n5)ccc43)ncc2-n2c3ccc(-c4nc(-c5ccccc5)nc(-c5ccccc5)n4)cc3c3cc(-c4nc(-c5ccccc5)nc(-c5ccccc5)n4)ccc32)c1. The van der Waals surface area contributed by atoms with E-state index in [-0.39, 0.29) is 0 Å². The first-order valence-electron chi connectivity index (χ1n) is 36.6. The van der Waals surface area contributed by atoms with Gasteiger partial charge in [0.1, 0.15) is 5.82 Å². The van der Waals surface area contributed by atoms with Crippen LogP contribution in [-0.2, 0) is 0 Å². The summed E-state index contributed by atoms with van der Waals surface area (Å²) in [5.41, 5.74) is 16.2. The Morgan fingerprint density at radius 3 is 0.688 bits per heavy atom. The van der Waals surface area contributed by atoms with Crippen LogP contribution < -0.4 is 0 Å². The van der Waals surface area contributed by atoms with Crippen LogP contribution in [0.15, 0.2) is 352 Å². The van der Waals surface area contributed by atoms with Crippen LogP contribution in [0.2, 0.25) is 0 Å². The van der Waals surface area contributed by atoms with Crippen molar-refractivity contribution < 1.29 is 0 Å². The predicted molar refractivity (Wildman–Crippen MR) is 442 cm³/mol. The molecule has 0 spiro atoms. The van der Waals surface area contributed by atoms with Crippen molar-refractivity contribution in [2.75, 3.05) is 0 Å². The molecule has 13 aromatic carbocycles. The predicted octanol–water partition coefficient (Wildman–Crippen LogP) is 21.6. The minimum Gasteiger partial charge on any atom is -0.307 e. The number of rotatable bonds is 15. The van der Waals surface area contributed by atoms with Crippen LogP contribution in [0.5, 0.6) is 0 Å². The van der Waals surface area contributed by atoms with Gasteiger partial charge >= 0.3 is 0 Å². The van der Waals surface area contributed by atoms with Gasteiger partial charge in [-0.15, -0.1) is 0 Å². The van der Waals surface area contributed by atoms with Crippen LogP contribution in [0, 0.1) is 11.3 Å². The first kappa shape index (κ1) is 65.6. The first-order chi connectivity index (χ1) is 55.4. The summed E-state index contributed by atoms with van der Waals surface area (Å²) in [5, 5.41) is 14.3. The fourth-order valence-corrected chi connectivity index (χ4v) is 14.6. The van der Waals surface area contributed by atoms with Gasteiger partial charge in [-0.3, -0.25) is 4.57 Å². The molecule has 0 amide bonds. The second kappa shape index (κ2) is 28.1. The van der Waals surface area contributed by atoms with Crippen molar-refractivity contribution in [2.24, 2.45) is 0 Å². The molecule has 0 bridgehead atoms. The Labute approximate surface area is 641 Å². The monoisotopic (exact) mass is 1430 g/mol. The average Bonchev–Trinajstić information content (AvgIpc) is 1.56. The van der Waals surface area contributed by atoms with E-state index in [4.69, 9.17) is 64.8 Å². The van der Waals surface area contributed by atoms with Crippen LogP contribution in [0.1, 0.15) is 5.56 Å². The zero-order valence-electron chi connectivity index (χ0n) is 59.6. The third-order valence-corrected chi connectivity index (χ3v) is 20.0. The summed E-state index contributed by atoms with van der Waals surface area (Å²) in [6.45, 7) is 0. The fourth-order valence-electron chi connectivity index (χ4n) is 14.6. The second-order valence-corrected chi connectivity index (χ2v) is 27.0. The highest BCUT2D eigenvalue weighted by Crippen LogP contribution is 2.43. The van der Waals surface area contributed by atoms with Gasteiger partial charge in [0.05, 0.1) is 45.6 Å². The molecule has 0 aliphatic carbocycles. The third kappa shape index (κ3) is 12.4. The lowest BCUT2D eigenvalue weighted by molar-refractivity contribution is 1.05. The summed E-state index contributed by atoms with van der Waals surface area (Å²) >= 11 is 0. The maximum Gasteiger partial charge on any atom is 0.164 e. The lowest BCUT2D eigenvalue weighted by Gasteiger charge is -2.17. The van der Waals surface area contributed by atoms with Crippen molar-refractivity contribution in [3.63, 3.8) is 0 Å². The molecular formula is C96H58N16. The molecule has 0 atom stereocenters. The van der Waals surface area contributed by atoms with E-state index >= 15 is 0 Å². The zero-order chi connectivity index (χ0) is 74.4. The van der Waals surface area contributed by atoms with Crippen LogP contribution in [0.3, 0.4) is 0 Å². The molecule has 0 saturated carbocycles. The van der Waals surface area contributed by atoms with Gasteiger partial charge in [-0.1, -0.05) is 255 Å². The zero-order valence-corrected chi connectivity index (χ0v) is 59.6. The number of hydrogen-bond donors (Lipinski definition) is 0. The van der Waals surface area contributed by atoms with Gasteiger partial charge in [-0.05, 0) is 96.6 Å². The summed E-state index contributed by atoms with van der Waals surface area (Å²) in [6, 6.07) is 118. The second-order valence-electron chi connectivity index (χ2n) is 27.0. The molecule has 0 N–H and O–H groups in total. The standard InChI is InChI=1S/C96H58N16/c97-58-60-26-25-43-69(52-60)74-57-84(112-81-50-46-72(95-107-89(65-35-17-5-18-36-65)101-90(108-95)66-37-19-6-20-38-66)55-77(81)78-56-73(47-51-82(78)112)96-109-91(67-39-21-7-22-40-67)102-92(110-96)68-41-23-8-24-42-68)98-59-83(74)111-79-48-44-70(93-103-85(61-27-9-1-10-28-61)99-86(104-93)62-29-11-2-12-30-62)53-75(79)76-54-71(45-49-80(76)111)94-105-87(63-31-13-3-14-32-63)100-88(106-94)64-33-15-4-16-34-64/h1-57,59H. The Morgan fingerprint density at radius 2 is 0.438 bits per heavy atom. The Hall–Kier alpha value is -15.9. The topological polar surface area (TPSA) is 201 Å². The van der Waals surface area contributed by atoms with Gasteiger partial charge in [0.15, 0.2) is 69.9 Å². The Morgan fingerprint density at radius 1 is 0.205 bits per heavy atom. The van der Waals surface area contributed by atoms with E-state index in [1.165, 1.54) is 0 Å². The summed E-state index contributed by atoms with van der Waals surface area (Å²) in [4.78, 5) is 67.6. The van der Waals surface area contributed by atoms with Gasteiger partial charge in [0.2, 0.25) is 0 Å². The molecule has 16 nitrogen and oxygen atoms in total. The average molecular weight is 1440 g/mol. The molecule has 0 saturated heterocycles. The Balaban J connectivity index is 0.819. The van der Waals surface area contributed by atoms with Crippen molar-refractivity contribution in [3.05, 3.63) is 358 Å². The highest BCUT2D eigenvalue weighted by Gasteiger charge is 2.26. The van der Waals surface area contributed by atoms with Gasteiger partial charge in [0.25, 0.3) is 0 Å². The summed E-state index contributed by atoms with van der Waals surface area (Å²) in [5.74, 6) is 6.97. The molecule has 20 rings (SSSR count). The van der Waals surface area contributed by atoms with Crippen LogP contribution in [0.4, 0.5) is 0 Å². The number of fused-ring (bicyclic) bond motifs is 6. The Bertz CT molecular complexity index is 6450. The minimum atomic E-state index is 0.493. The number of hydrogen-bond acceptors (Lipinski definition) is 14. The van der Waals surface area contributed by atoms with E-state index in [2.05, 4.69) is 94.1 Å². The quantitative estimate of drug-likeness (QED) is 0.0938. The van der Waals surface area contributed by atoms with Crippen LogP contribution in [-0.4, -0.2) is 73.9 Å². The molecule has 0 radical (unpaired) electrons. The maximum atomic E-state index is 10.7. The Kier molecular flexibility index (Phi) is 16.5. The van der Waals surface area contributed by atoms with E-state index in [0.717, 1.165) is 127 Å². The first-order valence-corrected chi connectivity index (χ1v) is 36.6. The van der Waals surface area contributed by atoms with Gasteiger partial charge in [-0.25, -0.2) is 64.8 Å². The number of nitrogens with zero attached hydrogens (tertiary/aromatic N) is 16. The summed E-state index contributed by atoms with van der Waals surface area (Å²) in [7, 11) is 0. The molecular weight excluding hydrogens is 1380 g/mol. The maximum absolute atomic E-state index is 10.7. The van der Waals surface area contributed by atoms with Crippen molar-refractivity contribution >= 4 is 43.6 Å². The lowest BCUT2D eigenvalue weighted by atomic mass is 10.0. The molecule has 7 heterocycles. The van der Waals surface area contributed by atoms with Crippen molar-refractivity contribution in [1.82, 2.24) is 73.9 Å². The molecule has 0 fully saturated rings. The third-order valence-electron chi connectivity index (χ3n) is 20.0. The van der Waals surface area contributed by atoms with Crippen LogP contribution in [0.25, 0.3) is 203 Å². The molecule has 0 unspecified atom stereocenters. The van der Waals surface area contributed by atoms with E-state index in [1.807, 2.05) is 273 Å². The molecule has 7 aromatic heterocycles. The van der Waals surface area contributed by atoms with E-state index in [1.54, 1.807) is 0 Å². The smallest absolute Gasteiger partial charge is 0.164 e. The molecule has 0 aliphatic rings. The van der Waals surface area contributed by atoms with E-state index < -0.39 is 0 Å². The number of benzene rings is 13. The fraction of sp³-hybridized carbons (Fsp3) is 0. The molecule has 16 heteroatoms. The summed E-state index contributed by atoms with van der Waals surface area (Å²) < 4.78 is 4.46. The number of nitriles is 1. The van der Waals surface area contributed by atoms with E-state index in [0.29, 0.717) is 81.3 Å². The number of aromatic nitrogens is 15. The largest absolute Gasteiger partial charge is 0.307 e. The molecule has 522 valence electrons. The molecule has 20 aromatic rings. The van der Waals surface area contributed by atoms with Crippen LogP contribution >= 0.6 is 0 Å². The number of pyridine rings is 1. The van der Waals surface area contributed by atoms with Gasteiger partial charge in [0, 0.05) is 93.9 Å². The lowest BCUT2D eigenvalue weighted by Crippen LogP contribution is -2.04. The normalized spacial score (nSPS) is 11.4. The highest BCUT2D eigenvalue weighted by molar-refractivity contribution is 6.13.